The zero-order chi connectivity index (χ0) is 8.58. The fourth-order valence-electron chi connectivity index (χ4n) is 4.88. The molecule has 4 aliphatic rings. The number of fused-ring (bicyclic) bond motifs is 8. The topological polar surface area (TPSA) is 0 Å². The Hall–Kier alpha value is -0.520. The maximum atomic E-state index is 4.22. The smallest absolute Gasteiger partial charge is 0.0140 e. The molecule has 0 saturated heterocycles. The summed E-state index contributed by atoms with van der Waals surface area (Å²) in [4.78, 5) is 0. The fraction of sp³-hybridized carbons (Fsp3) is 0.692. The first-order valence-corrected chi connectivity index (χ1v) is 5.70. The third kappa shape index (κ3) is 0.600. The van der Waals surface area contributed by atoms with E-state index in [0.717, 1.165) is 35.5 Å². The molecule has 68 valence electrons. The van der Waals surface area contributed by atoms with Gasteiger partial charge in [-0.2, -0.15) is 0 Å². The maximum absolute atomic E-state index is 4.22. The summed E-state index contributed by atoms with van der Waals surface area (Å²) in [6.07, 6.45) is 9.23. The van der Waals surface area contributed by atoms with Crippen LogP contribution < -0.4 is 0 Å². The number of hydrogen-bond acceptors (Lipinski definition) is 0. The summed E-state index contributed by atoms with van der Waals surface area (Å²) in [5.41, 5.74) is 1.59. The molecule has 0 heterocycles. The van der Waals surface area contributed by atoms with E-state index in [9.17, 15) is 0 Å². The summed E-state index contributed by atoms with van der Waals surface area (Å²) in [7, 11) is 0. The zero-order valence-corrected chi connectivity index (χ0v) is 7.95. The van der Waals surface area contributed by atoms with E-state index in [0.29, 0.717) is 0 Å². The Balaban J connectivity index is 1.76. The van der Waals surface area contributed by atoms with Gasteiger partial charge in [0.2, 0.25) is 0 Å². The van der Waals surface area contributed by atoms with Crippen molar-refractivity contribution in [3.05, 3.63) is 24.3 Å². The van der Waals surface area contributed by atoms with Crippen molar-refractivity contribution in [3.8, 4) is 0 Å². The van der Waals surface area contributed by atoms with Crippen LogP contribution in [-0.4, -0.2) is 0 Å². The SMILES string of the molecule is C=C1CC2C3CC(C4CC=CC34)C12. The van der Waals surface area contributed by atoms with Crippen molar-refractivity contribution < 1.29 is 0 Å². The molecule has 2 bridgehead atoms. The second-order valence-corrected chi connectivity index (χ2v) is 5.52. The average molecular weight is 172 g/mol. The largest absolute Gasteiger partial charge is 0.0995 e. The molecule has 4 rings (SSSR count). The Bertz CT molecular complexity index is 312. The molecule has 0 nitrogen and oxygen atoms in total. The molecule has 0 aliphatic heterocycles. The molecular formula is C13H16. The van der Waals surface area contributed by atoms with Crippen LogP contribution in [0.4, 0.5) is 0 Å². The Labute approximate surface area is 79.7 Å². The van der Waals surface area contributed by atoms with Crippen molar-refractivity contribution in [2.24, 2.45) is 35.5 Å². The van der Waals surface area contributed by atoms with Crippen LogP contribution in [0.5, 0.6) is 0 Å². The molecule has 3 saturated carbocycles. The van der Waals surface area contributed by atoms with Crippen LogP contribution in [0.25, 0.3) is 0 Å². The molecule has 6 unspecified atom stereocenters. The summed E-state index contributed by atoms with van der Waals surface area (Å²) >= 11 is 0. The number of allylic oxidation sites excluding steroid dienone is 3. The zero-order valence-electron chi connectivity index (χ0n) is 7.95. The minimum absolute atomic E-state index is 0.964. The molecule has 3 fully saturated rings. The van der Waals surface area contributed by atoms with E-state index < -0.39 is 0 Å². The quantitative estimate of drug-likeness (QED) is 0.493. The molecule has 0 heteroatoms. The summed E-state index contributed by atoms with van der Waals surface area (Å²) in [6, 6.07) is 0. The van der Waals surface area contributed by atoms with E-state index in [-0.39, 0.29) is 0 Å². The standard InChI is InChI=1S/C13H16/c1-7-5-11-10-6-12(13(7)11)9-4-2-3-8(9)10/h2-3,8-13H,1,4-6H2. The van der Waals surface area contributed by atoms with Crippen LogP contribution >= 0.6 is 0 Å². The molecular weight excluding hydrogens is 156 g/mol. The van der Waals surface area contributed by atoms with Gasteiger partial charge in [-0.05, 0) is 54.8 Å². The molecule has 0 aromatic carbocycles. The Morgan fingerprint density at radius 3 is 2.92 bits per heavy atom. The highest BCUT2D eigenvalue weighted by molar-refractivity contribution is 5.28. The van der Waals surface area contributed by atoms with Gasteiger partial charge in [0.25, 0.3) is 0 Å². The maximum Gasteiger partial charge on any atom is -0.0140 e. The summed E-state index contributed by atoms with van der Waals surface area (Å²) in [6.45, 7) is 4.22. The lowest BCUT2D eigenvalue weighted by Crippen LogP contribution is -2.40. The van der Waals surface area contributed by atoms with E-state index in [1.165, 1.54) is 19.3 Å². The third-order valence-electron chi connectivity index (χ3n) is 5.29. The first kappa shape index (κ1) is 6.86. The van der Waals surface area contributed by atoms with Gasteiger partial charge in [-0.15, -0.1) is 0 Å². The predicted octanol–water partition coefficient (Wildman–Crippen LogP) is 3.02. The van der Waals surface area contributed by atoms with Gasteiger partial charge in [0.1, 0.15) is 0 Å². The highest BCUT2D eigenvalue weighted by atomic mass is 14.7. The van der Waals surface area contributed by atoms with Crippen LogP contribution in [0, 0.1) is 35.5 Å². The van der Waals surface area contributed by atoms with E-state index in [1.54, 1.807) is 5.57 Å². The van der Waals surface area contributed by atoms with Gasteiger partial charge in [-0.3, -0.25) is 0 Å². The molecule has 13 heavy (non-hydrogen) atoms. The normalized spacial score (nSPS) is 60.8. The lowest BCUT2D eigenvalue weighted by Gasteiger charge is -2.47. The van der Waals surface area contributed by atoms with Gasteiger partial charge in [0.15, 0.2) is 0 Å². The molecule has 0 radical (unpaired) electrons. The second-order valence-electron chi connectivity index (χ2n) is 5.52. The first-order chi connectivity index (χ1) is 6.36. The van der Waals surface area contributed by atoms with Crippen LogP contribution in [0.1, 0.15) is 19.3 Å². The predicted molar refractivity (Wildman–Crippen MR) is 53.1 cm³/mol. The Kier molecular flexibility index (Phi) is 1.03. The van der Waals surface area contributed by atoms with Crippen LogP contribution in [0.3, 0.4) is 0 Å². The summed E-state index contributed by atoms with van der Waals surface area (Å²) < 4.78 is 0. The van der Waals surface area contributed by atoms with E-state index in [4.69, 9.17) is 0 Å². The average Bonchev–Trinajstić information content (AvgIpc) is 2.68. The van der Waals surface area contributed by atoms with Gasteiger partial charge in [-0.25, -0.2) is 0 Å². The summed E-state index contributed by atoms with van der Waals surface area (Å²) in [5, 5.41) is 0. The van der Waals surface area contributed by atoms with Crippen molar-refractivity contribution in [3.63, 3.8) is 0 Å². The van der Waals surface area contributed by atoms with E-state index in [2.05, 4.69) is 18.7 Å². The van der Waals surface area contributed by atoms with Gasteiger partial charge in [-0.1, -0.05) is 24.3 Å². The first-order valence-electron chi connectivity index (χ1n) is 5.70. The van der Waals surface area contributed by atoms with Crippen LogP contribution in [-0.2, 0) is 0 Å². The van der Waals surface area contributed by atoms with Crippen molar-refractivity contribution in [1.82, 2.24) is 0 Å². The van der Waals surface area contributed by atoms with Gasteiger partial charge < -0.3 is 0 Å². The fourth-order valence-corrected chi connectivity index (χ4v) is 4.88. The Morgan fingerprint density at radius 2 is 2.08 bits per heavy atom. The second kappa shape index (κ2) is 1.94. The molecule has 6 atom stereocenters. The summed E-state index contributed by atoms with van der Waals surface area (Å²) in [5.74, 6) is 6.13. The van der Waals surface area contributed by atoms with Gasteiger partial charge in [0, 0.05) is 0 Å². The molecule has 0 N–H and O–H groups in total. The van der Waals surface area contributed by atoms with E-state index >= 15 is 0 Å². The van der Waals surface area contributed by atoms with E-state index in [1.807, 2.05) is 0 Å². The van der Waals surface area contributed by atoms with Crippen molar-refractivity contribution in [2.75, 3.05) is 0 Å². The molecule has 0 spiro atoms. The minimum atomic E-state index is 0.964. The number of hydrogen-bond donors (Lipinski definition) is 0. The van der Waals surface area contributed by atoms with Crippen LogP contribution in [0.15, 0.2) is 24.3 Å². The monoisotopic (exact) mass is 172 g/mol. The van der Waals surface area contributed by atoms with Gasteiger partial charge >= 0.3 is 0 Å². The van der Waals surface area contributed by atoms with Crippen LogP contribution in [0.2, 0.25) is 0 Å². The molecule has 4 aliphatic carbocycles. The molecule has 0 aromatic heterocycles. The highest BCUT2D eigenvalue weighted by Gasteiger charge is 2.61. The lowest BCUT2D eigenvalue weighted by atomic mass is 9.58. The molecule has 0 amide bonds. The minimum Gasteiger partial charge on any atom is -0.0995 e. The lowest BCUT2D eigenvalue weighted by molar-refractivity contribution is 0.102. The molecule has 0 aromatic rings. The van der Waals surface area contributed by atoms with Gasteiger partial charge in [0.05, 0.1) is 0 Å². The van der Waals surface area contributed by atoms with Crippen molar-refractivity contribution in [1.29, 1.82) is 0 Å². The Morgan fingerprint density at radius 1 is 1.15 bits per heavy atom. The third-order valence-corrected chi connectivity index (χ3v) is 5.29. The number of rotatable bonds is 0. The highest BCUT2D eigenvalue weighted by Crippen LogP contribution is 2.68. The van der Waals surface area contributed by atoms with Crippen molar-refractivity contribution in [2.45, 2.75) is 19.3 Å². The van der Waals surface area contributed by atoms with Crippen molar-refractivity contribution >= 4 is 0 Å².